The summed E-state index contributed by atoms with van der Waals surface area (Å²) in [5, 5.41) is 0. The highest BCUT2D eigenvalue weighted by Crippen LogP contribution is 2.15. The van der Waals surface area contributed by atoms with Crippen molar-refractivity contribution in [3.05, 3.63) is 48.4 Å². The Kier molecular flexibility index (Phi) is 2.67. The Balaban J connectivity index is 2.11. The second-order valence-electron chi connectivity index (χ2n) is 3.32. The monoisotopic (exact) mass is 206 g/mol. The van der Waals surface area contributed by atoms with E-state index in [2.05, 4.69) is 4.98 Å². The zero-order valence-electron chi connectivity index (χ0n) is 8.35. The maximum atomic E-state index is 12.8. The Labute approximate surface area is 87.2 Å². The van der Waals surface area contributed by atoms with E-state index >= 15 is 0 Å². The second kappa shape index (κ2) is 4.13. The topological polar surface area (TPSA) is 29.3 Å². The van der Waals surface area contributed by atoms with Crippen molar-refractivity contribution in [1.82, 2.24) is 4.98 Å². The molecule has 2 aromatic heterocycles. The van der Waals surface area contributed by atoms with Crippen LogP contribution in [0.3, 0.4) is 0 Å². The number of anilines is 1. The van der Waals surface area contributed by atoms with Gasteiger partial charge in [-0.1, -0.05) is 0 Å². The average Bonchev–Trinajstić information content (AvgIpc) is 2.70. The van der Waals surface area contributed by atoms with Crippen LogP contribution in [0, 0.1) is 5.95 Å². The predicted molar refractivity (Wildman–Crippen MR) is 55.0 cm³/mol. The van der Waals surface area contributed by atoms with Crippen molar-refractivity contribution in [2.24, 2.45) is 0 Å². The van der Waals surface area contributed by atoms with Crippen LogP contribution in [0.1, 0.15) is 5.56 Å². The first-order chi connectivity index (χ1) is 7.25. The van der Waals surface area contributed by atoms with E-state index in [-0.39, 0.29) is 0 Å². The fourth-order valence-corrected chi connectivity index (χ4v) is 1.38. The van der Waals surface area contributed by atoms with Crippen LogP contribution in [0.25, 0.3) is 0 Å². The Bertz CT molecular complexity index is 428. The smallest absolute Gasteiger partial charge is 0.214 e. The first-order valence-electron chi connectivity index (χ1n) is 4.59. The molecule has 4 heteroatoms. The van der Waals surface area contributed by atoms with Gasteiger partial charge in [-0.05, 0) is 12.1 Å². The molecule has 0 saturated heterocycles. The number of pyridine rings is 1. The van der Waals surface area contributed by atoms with Gasteiger partial charge in [0.25, 0.3) is 0 Å². The van der Waals surface area contributed by atoms with Crippen LogP contribution in [0.2, 0.25) is 0 Å². The van der Waals surface area contributed by atoms with Gasteiger partial charge in [0.1, 0.15) is 0 Å². The van der Waals surface area contributed by atoms with Crippen molar-refractivity contribution in [1.29, 1.82) is 0 Å². The van der Waals surface area contributed by atoms with Crippen LogP contribution < -0.4 is 4.90 Å². The fourth-order valence-electron chi connectivity index (χ4n) is 1.38. The molecular weight excluding hydrogens is 195 g/mol. The van der Waals surface area contributed by atoms with Gasteiger partial charge >= 0.3 is 0 Å². The predicted octanol–water partition coefficient (Wildman–Crippen LogP) is 2.45. The third-order valence-corrected chi connectivity index (χ3v) is 2.15. The molecule has 0 aliphatic carbocycles. The number of halogens is 1. The molecule has 0 aromatic carbocycles. The number of hydrogen-bond acceptors (Lipinski definition) is 3. The summed E-state index contributed by atoms with van der Waals surface area (Å²) in [4.78, 5) is 5.43. The van der Waals surface area contributed by atoms with E-state index < -0.39 is 5.95 Å². The molecule has 0 bridgehead atoms. The van der Waals surface area contributed by atoms with Crippen molar-refractivity contribution in [3.8, 4) is 0 Å². The zero-order valence-corrected chi connectivity index (χ0v) is 8.35. The molecule has 0 radical (unpaired) electrons. The van der Waals surface area contributed by atoms with Crippen LogP contribution in [-0.2, 0) is 6.54 Å². The van der Waals surface area contributed by atoms with Gasteiger partial charge < -0.3 is 9.32 Å². The Morgan fingerprint density at radius 1 is 1.47 bits per heavy atom. The van der Waals surface area contributed by atoms with E-state index in [0.29, 0.717) is 6.54 Å². The molecule has 0 saturated carbocycles. The molecule has 0 aliphatic heterocycles. The van der Waals surface area contributed by atoms with Gasteiger partial charge in [0.05, 0.1) is 12.5 Å². The molecular formula is C11H11FN2O. The maximum Gasteiger partial charge on any atom is 0.214 e. The van der Waals surface area contributed by atoms with E-state index in [4.69, 9.17) is 4.42 Å². The van der Waals surface area contributed by atoms with Gasteiger partial charge in [0, 0.05) is 37.1 Å². The summed E-state index contributed by atoms with van der Waals surface area (Å²) in [5.74, 6) is -0.466. The third-order valence-electron chi connectivity index (χ3n) is 2.15. The highest BCUT2D eigenvalue weighted by Gasteiger charge is 2.04. The van der Waals surface area contributed by atoms with Crippen LogP contribution >= 0.6 is 0 Å². The fraction of sp³-hybridized carbons (Fsp3) is 0.182. The number of aromatic nitrogens is 1. The standard InChI is InChI=1S/C11H11FN2O/c1-14(7-9-3-5-15-8-9)10-2-4-13-11(12)6-10/h2-6,8H,7H2,1H3. The molecule has 3 nitrogen and oxygen atoms in total. The van der Waals surface area contributed by atoms with Crippen LogP contribution in [-0.4, -0.2) is 12.0 Å². The van der Waals surface area contributed by atoms with E-state index in [0.717, 1.165) is 11.3 Å². The van der Waals surface area contributed by atoms with Crippen LogP contribution in [0.4, 0.5) is 10.1 Å². The van der Waals surface area contributed by atoms with Crippen molar-refractivity contribution >= 4 is 5.69 Å². The van der Waals surface area contributed by atoms with Gasteiger partial charge in [-0.25, -0.2) is 4.98 Å². The molecule has 0 N–H and O–H groups in total. The summed E-state index contributed by atoms with van der Waals surface area (Å²) in [6.45, 7) is 0.681. The summed E-state index contributed by atoms with van der Waals surface area (Å²) in [5.41, 5.74) is 1.85. The van der Waals surface area contributed by atoms with Gasteiger partial charge in [-0.2, -0.15) is 4.39 Å². The van der Waals surface area contributed by atoms with E-state index in [1.54, 1.807) is 18.6 Å². The Morgan fingerprint density at radius 3 is 3.00 bits per heavy atom. The highest BCUT2D eigenvalue weighted by molar-refractivity contribution is 5.44. The average molecular weight is 206 g/mol. The minimum atomic E-state index is -0.466. The molecule has 0 fully saturated rings. The number of rotatable bonds is 3. The molecule has 0 aliphatic rings. The zero-order chi connectivity index (χ0) is 10.7. The summed E-state index contributed by atoms with van der Waals surface area (Å²) in [6, 6.07) is 5.05. The molecule has 2 aromatic rings. The third kappa shape index (κ3) is 2.34. The van der Waals surface area contributed by atoms with E-state index in [1.807, 2.05) is 18.0 Å². The van der Waals surface area contributed by atoms with E-state index in [9.17, 15) is 4.39 Å². The molecule has 78 valence electrons. The molecule has 0 amide bonds. The first-order valence-corrected chi connectivity index (χ1v) is 4.59. The van der Waals surface area contributed by atoms with E-state index in [1.165, 1.54) is 12.3 Å². The maximum absolute atomic E-state index is 12.8. The normalized spacial score (nSPS) is 10.3. The lowest BCUT2D eigenvalue weighted by Crippen LogP contribution is -2.16. The van der Waals surface area contributed by atoms with Crippen molar-refractivity contribution in [3.63, 3.8) is 0 Å². The van der Waals surface area contributed by atoms with Gasteiger partial charge in [-0.3, -0.25) is 0 Å². The molecule has 0 spiro atoms. The molecule has 0 atom stereocenters. The Hall–Kier alpha value is -1.84. The lowest BCUT2D eigenvalue weighted by molar-refractivity contribution is 0.563. The molecule has 2 heterocycles. The minimum Gasteiger partial charge on any atom is -0.472 e. The minimum absolute atomic E-state index is 0.466. The van der Waals surface area contributed by atoms with Crippen molar-refractivity contribution in [2.75, 3.05) is 11.9 Å². The van der Waals surface area contributed by atoms with Crippen molar-refractivity contribution in [2.45, 2.75) is 6.54 Å². The SMILES string of the molecule is CN(Cc1ccoc1)c1ccnc(F)c1. The molecule has 2 rings (SSSR count). The van der Waals surface area contributed by atoms with Crippen LogP contribution in [0.5, 0.6) is 0 Å². The molecule has 0 unspecified atom stereocenters. The highest BCUT2D eigenvalue weighted by atomic mass is 19.1. The van der Waals surface area contributed by atoms with Crippen molar-refractivity contribution < 1.29 is 8.81 Å². The summed E-state index contributed by atoms with van der Waals surface area (Å²) < 4.78 is 17.8. The Morgan fingerprint density at radius 2 is 2.33 bits per heavy atom. The second-order valence-corrected chi connectivity index (χ2v) is 3.32. The summed E-state index contributed by atoms with van der Waals surface area (Å²) in [7, 11) is 1.89. The molecule has 15 heavy (non-hydrogen) atoms. The summed E-state index contributed by atoms with van der Waals surface area (Å²) in [6.07, 6.45) is 4.75. The quantitative estimate of drug-likeness (QED) is 0.722. The number of nitrogens with zero attached hydrogens (tertiary/aromatic N) is 2. The van der Waals surface area contributed by atoms with Gasteiger partial charge in [-0.15, -0.1) is 0 Å². The van der Waals surface area contributed by atoms with Gasteiger partial charge in [0.2, 0.25) is 5.95 Å². The van der Waals surface area contributed by atoms with Gasteiger partial charge in [0.15, 0.2) is 0 Å². The van der Waals surface area contributed by atoms with Crippen LogP contribution in [0.15, 0.2) is 41.3 Å². The number of hydrogen-bond donors (Lipinski definition) is 0. The summed E-state index contributed by atoms with van der Waals surface area (Å²) >= 11 is 0. The first kappa shape index (κ1) is 9.71. The lowest BCUT2D eigenvalue weighted by atomic mass is 10.3. The largest absolute Gasteiger partial charge is 0.472 e. The lowest BCUT2D eigenvalue weighted by Gasteiger charge is -2.17. The number of furan rings is 1.